The van der Waals surface area contributed by atoms with Crippen LogP contribution in [0, 0.1) is 24.4 Å². The predicted molar refractivity (Wildman–Crippen MR) is 126 cm³/mol. The van der Waals surface area contributed by atoms with Gasteiger partial charge in [0.25, 0.3) is 0 Å². The van der Waals surface area contributed by atoms with Gasteiger partial charge >= 0.3 is 5.97 Å². The van der Waals surface area contributed by atoms with E-state index in [2.05, 4.69) is 10.3 Å². The maximum absolute atomic E-state index is 14.6. The first kappa shape index (κ1) is 29.8. The molecule has 2 aromatic carbocycles. The third-order valence-corrected chi connectivity index (χ3v) is 4.14. The van der Waals surface area contributed by atoms with Gasteiger partial charge in [0, 0.05) is 26.5 Å². The lowest BCUT2D eigenvalue weighted by molar-refractivity contribution is -0.140. The number of benzene rings is 2. The van der Waals surface area contributed by atoms with Crippen LogP contribution in [-0.2, 0) is 16.0 Å². The average Bonchev–Trinajstić information content (AvgIpc) is 2.77. The summed E-state index contributed by atoms with van der Waals surface area (Å²) in [7, 11) is 1.41. The molecule has 0 atom stereocenters. The minimum absolute atomic E-state index is 0.133. The highest BCUT2D eigenvalue weighted by Crippen LogP contribution is 2.23. The first-order valence-corrected chi connectivity index (χ1v) is 10.8. The number of nitrogens with one attached hydrogen (secondary N) is 1. The highest BCUT2D eigenvalue weighted by molar-refractivity contribution is 6.13. The first-order valence-electron chi connectivity index (χ1n) is 10.8. The van der Waals surface area contributed by atoms with Gasteiger partial charge in [-0.3, -0.25) is 14.6 Å². The van der Waals surface area contributed by atoms with Crippen LogP contribution < -0.4 is 5.32 Å². The molecule has 0 fully saturated rings. The molecule has 0 saturated carbocycles. The Morgan fingerprint density at radius 3 is 2.15 bits per heavy atom. The zero-order valence-electron chi connectivity index (χ0n) is 20.3. The van der Waals surface area contributed by atoms with E-state index in [0.29, 0.717) is 23.6 Å². The smallest absolute Gasteiger partial charge is 0.302 e. The number of anilines is 1. The number of aryl methyl sites for hydroxylation is 1. The lowest BCUT2D eigenvalue weighted by atomic mass is 10.0. The third kappa shape index (κ3) is 9.89. The number of amidine groups is 1. The molecule has 182 valence electrons. The predicted octanol–water partition coefficient (Wildman–Crippen LogP) is 6.28. The fourth-order valence-electron chi connectivity index (χ4n) is 2.72. The molecule has 5 nitrogen and oxygen atoms in total. The number of hydrogen-bond donors (Lipinski definition) is 1. The van der Waals surface area contributed by atoms with Crippen molar-refractivity contribution in [1.82, 2.24) is 0 Å². The van der Waals surface area contributed by atoms with Crippen LogP contribution in [0.3, 0.4) is 0 Å². The molecule has 2 aromatic rings. The Bertz CT molecular complexity index is 937. The Morgan fingerprint density at radius 2 is 1.64 bits per heavy atom. The molecule has 0 spiro atoms. The minimum Gasteiger partial charge on any atom is -0.466 e. The fourth-order valence-corrected chi connectivity index (χ4v) is 2.72. The molecule has 0 aliphatic heterocycles. The van der Waals surface area contributed by atoms with Crippen LogP contribution in [0.1, 0.15) is 62.5 Å². The van der Waals surface area contributed by atoms with E-state index in [-0.39, 0.29) is 30.1 Å². The van der Waals surface area contributed by atoms with Crippen LogP contribution in [-0.4, -0.2) is 31.2 Å². The molecule has 8 heteroatoms. The molecular weight excluding hydrogens is 433 g/mol. The van der Waals surface area contributed by atoms with Gasteiger partial charge in [-0.25, -0.2) is 13.2 Å². The van der Waals surface area contributed by atoms with E-state index in [9.17, 15) is 22.8 Å². The van der Waals surface area contributed by atoms with Crippen molar-refractivity contribution in [2.24, 2.45) is 4.99 Å². The van der Waals surface area contributed by atoms with Crippen molar-refractivity contribution in [2.75, 3.05) is 19.0 Å². The maximum atomic E-state index is 14.6. The van der Waals surface area contributed by atoms with Gasteiger partial charge in [-0.1, -0.05) is 33.8 Å². The number of esters is 1. The largest absolute Gasteiger partial charge is 0.466 e. The lowest BCUT2D eigenvalue weighted by Crippen LogP contribution is -2.19. The molecule has 0 aromatic heterocycles. The number of nitrogens with zero attached hydrogens (tertiary/aromatic N) is 1. The number of ether oxygens (including phenoxy) is 1. The number of halogens is 3. The number of rotatable bonds is 7. The Kier molecular flexibility index (Phi) is 14.1. The van der Waals surface area contributed by atoms with Crippen molar-refractivity contribution >= 4 is 23.3 Å². The molecule has 0 radical (unpaired) electrons. The minimum atomic E-state index is -0.968. The number of Topliss-reactive ketones (excluding diaryl/α,β-unsaturated/α-hetero) is 1. The van der Waals surface area contributed by atoms with Crippen molar-refractivity contribution in [3.8, 4) is 0 Å². The quantitative estimate of drug-likeness (QED) is 0.226. The number of aliphatic imine (C=N–C) groups is 1. The lowest BCUT2D eigenvalue weighted by Gasteiger charge is -2.14. The van der Waals surface area contributed by atoms with Crippen molar-refractivity contribution in [3.63, 3.8) is 0 Å². The van der Waals surface area contributed by atoms with Crippen molar-refractivity contribution in [3.05, 3.63) is 64.5 Å². The highest BCUT2D eigenvalue weighted by Gasteiger charge is 2.17. The van der Waals surface area contributed by atoms with E-state index < -0.39 is 29.2 Å². The van der Waals surface area contributed by atoms with Gasteiger partial charge in [0.1, 0.15) is 23.3 Å². The summed E-state index contributed by atoms with van der Waals surface area (Å²) in [5, 5.41) is 2.77. The van der Waals surface area contributed by atoms with Gasteiger partial charge in [0.2, 0.25) is 0 Å². The molecule has 0 amide bonds. The van der Waals surface area contributed by atoms with Crippen LogP contribution in [0.5, 0.6) is 0 Å². The molecule has 0 unspecified atom stereocenters. The van der Waals surface area contributed by atoms with Gasteiger partial charge in [0.15, 0.2) is 5.78 Å². The fraction of sp³-hybridized carbons (Fsp3) is 0.400. The summed E-state index contributed by atoms with van der Waals surface area (Å²) in [5.74, 6) is -3.21. The first-order chi connectivity index (χ1) is 15.7. The Morgan fingerprint density at radius 1 is 1.00 bits per heavy atom. The SMILES string of the molecule is CC.CC.CN=C(CC(=O)c1ccc(F)cc1F)Nc1c(C)cc(CCOC(C)=O)cc1F. The van der Waals surface area contributed by atoms with Gasteiger partial charge < -0.3 is 10.1 Å². The van der Waals surface area contributed by atoms with Gasteiger partial charge in [-0.05, 0) is 36.2 Å². The molecule has 0 aliphatic rings. The van der Waals surface area contributed by atoms with E-state index in [1.807, 2.05) is 27.7 Å². The van der Waals surface area contributed by atoms with Gasteiger partial charge in [-0.15, -0.1) is 0 Å². The zero-order valence-corrected chi connectivity index (χ0v) is 20.3. The van der Waals surface area contributed by atoms with E-state index in [1.54, 1.807) is 13.0 Å². The monoisotopic (exact) mass is 466 g/mol. The molecule has 0 aliphatic carbocycles. The molecular formula is C25H33F3N2O3. The van der Waals surface area contributed by atoms with E-state index in [4.69, 9.17) is 4.74 Å². The molecule has 0 bridgehead atoms. The molecule has 2 rings (SSSR count). The normalized spacial score (nSPS) is 10.3. The summed E-state index contributed by atoms with van der Waals surface area (Å²) < 4.78 is 46.2. The van der Waals surface area contributed by atoms with Crippen molar-refractivity contribution in [1.29, 1.82) is 0 Å². The standard InChI is InChI=1S/C21H21F3N2O3.2C2H6/c1-12-8-14(6-7-29-13(2)27)9-18(24)21(12)26-20(25-3)11-19(28)16-5-4-15(22)10-17(16)23;2*1-2/h4-5,8-10H,6-7,11H2,1-3H3,(H,25,26);2*1-2H3. The van der Waals surface area contributed by atoms with E-state index in [1.165, 1.54) is 20.0 Å². The number of carbonyl (C=O) groups excluding carboxylic acids is 2. The maximum Gasteiger partial charge on any atom is 0.302 e. The van der Waals surface area contributed by atoms with Crippen molar-refractivity contribution < 1.29 is 27.5 Å². The molecule has 0 heterocycles. The van der Waals surface area contributed by atoms with Crippen LogP contribution >= 0.6 is 0 Å². The van der Waals surface area contributed by atoms with E-state index >= 15 is 0 Å². The summed E-state index contributed by atoms with van der Waals surface area (Å²) in [6.07, 6.45) is 0.0425. The second kappa shape index (κ2) is 15.6. The molecule has 33 heavy (non-hydrogen) atoms. The molecule has 1 N–H and O–H groups in total. The topological polar surface area (TPSA) is 67.8 Å². The van der Waals surface area contributed by atoms with Crippen LogP contribution in [0.15, 0.2) is 35.3 Å². The summed E-state index contributed by atoms with van der Waals surface area (Å²) in [6, 6.07) is 5.70. The highest BCUT2D eigenvalue weighted by atomic mass is 19.1. The summed E-state index contributed by atoms with van der Waals surface area (Å²) in [5.41, 5.74) is 1.07. The zero-order chi connectivity index (χ0) is 25.6. The van der Waals surface area contributed by atoms with E-state index in [0.717, 1.165) is 12.1 Å². The Hall–Kier alpha value is -3.16. The van der Waals surface area contributed by atoms with Gasteiger partial charge in [-0.2, -0.15) is 0 Å². The Balaban J connectivity index is 0.00000242. The second-order valence-corrected chi connectivity index (χ2v) is 6.38. The number of carbonyl (C=O) groups is 2. The summed E-state index contributed by atoms with van der Waals surface area (Å²) in [4.78, 5) is 27.1. The van der Waals surface area contributed by atoms with Crippen LogP contribution in [0.4, 0.5) is 18.9 Å². The van der Waals surface area contributed by atoms with Crippen LogP contribution in [0.25, 0.3) is 0 Å². The number of hydrogen-bond acceptors (Lipinski definition) is 4. The third-order valence-electron chi connectivity index (χ3n) is 4.14. The molecule has 0 saturated heterocycles. The second-order valence-electron chi connectivity index (χ2n) is 6.38. The van der Waals surface area contributed by atoms with Gasteiger partial charge in [0.05, 0.1) is 24.3 Å². The average molecular weight is 467 g/mol. The Labute approximate surface area is 194 Å². The summed E-state index contributed by atoms with van der Waals surface area (Å²) >= 11 is 0. The summed E-state index contributed by atoms with van der Waals surface area (Å²) in [6.45, 7) is 11.1. The van der Waals surface area contributed by atoms with Crippen LogP contribution in [0.2, 0.25) is 0 Å². The van der Waals surface area contributed by atoms with Crippen molar-refractivity contribution in [2.45, 2.75) is 54.4 Å². The number of ketones is 1.